The fourth-order valence-electron chi connectivity index (χ4n) is 5.85. The van der Waals surface area contributed by atoms with Crippen LogP contribution in [0.4, 0.5) is 0 Å². The average molecular weight is 801 g/mol. The molecule has 6 atom stereocenters. The molecule has 1 aliphatic heterocycles. The molecule has 1 saturated heterocycles. The lowest BCUT2D eigenvalue weighted by molar-refractivity contribution is -0.305. The molecule has 324 valence electrons. The van der Waals surface area contributed by atoms with Gasteiger partial charge in [-0.15, -0.1) is 0 Å². The fourth-order valence-corrected chi connectivity index (χ4v) is 5.85. The van der Waals surface area contributed by atoms with Crippen molar-refractivity contribution in [3.8, 4) is 0 Å². The van der Waals surface area contributed by atoms with E-state index >= 15 is 0 Å². The topological polar surface area (TPSA) is 152 Å². The van der Waals surface area contributed by atoms with Crippen LogP contribution in [0.3, 0.4) is 0 Å². The Hall–Kier alpha value is -3.12. The Morgan fingerprint density at radius 2 is 1.07 bits per heavy atom. The van der Waals surface area contributed by atoms with Gasteiger partial charge in [-0.3, -0.25) is 9.59 Å². The molecule has 1 heterocycles. The van der Waals surface area contributed by atoms with Gasteiger partial charge in [-0.2, -0.15) is 0 Å². The Bertz CT molecular complexity index is 1200. The number of aliphatic hydroxyl groups is 4. The quantitative estimate of drug-likeness (QED) is 0.0282. The highest BCUT2D eigenvalue weighted by molar-refractivity contribution is 5.70. The van der Waals surface area contributed by atoms with Crippen LogP contribution in [0, 0.1) is 0 Å². The SMILES string of the molecule is CC/C=C/C/C=C/C/C=C/C/C=C/C/C=C/C/C=C/CCC(=O)OC[C@@H](CO[C@H]1O[C@@H](CO)[C@@H](O)C(O)C1O)OC(=O)CCCCC/C=C/CCCCCCCC. The predicted octanol–water partition coefficient (Wildman–Crippen LogP) is 8.99. The second-order valence-corrected chi connectivity index (χ2v) is 14.4. The summed E-state index contributed by atoms with van der Waals surface area (Å²) in [6, 6.07) is 0. The lowest BCUT2D eigenvalue weighted by Crippen LogP contribution is -2.59. The third kappa shape index (κ3) is 28.9. The molecular formula is C47H76O10. The number of aliphatic hydroxyl groups excluding tert-OH is 4. The minimum absolute atomic E-state index is 0.143. The highest BCUT2D eigenvalue weighted by Gasteiger charge is 2.44. The first-order valence-electron chi connectivity index (χ1n) is 21.7. The van der Waals surface area contributed by atoms with Gasteiger partial charge in [0, 0.05) is 12.8 Å². The second-order valence-electron chi connectivity index (χ2n) is 14.4. The third-order valence-corrected chi connectivity index (χ3v) is 9.28. The fraction of sp³-hybridized carbons (Fsp3) is 0.660. The van der Waals surface area contributed by atoms with Crippen molar-refractivity contribution < 1.29 is 49.0 Å². The summed E-state index contributed by atoms with van der Waals surface area (Å²) >= 11 is 0. The van der Waals surface area contributed by atoms with Crippen LogP contribution in [-0.2, 0) is 28.5 Å². The molecule has 0 amide bonds. The molecule has 0 spiro atoms. The number of carbonyl (C=O) groups is 2. The second kappa shape index (κ2) is 37.2. The standard InChI is InChI=1S/C47H76O10/c1-3-5-7-9-11-13-15-17-18-19-20-21-22-24-25-27-29-31-33-35-42(49)54-38-40(39-55-47-46(53)45(52)44(51)41(37-48)57-47)56-43(50)36-34-32-30-28-26-23-16-14-12-10-8-6-4-2/h5,7,11,13,17-18,20-21,23-26,29,31,40-41,44-48,51-53H,3-4,6,8-10,12,14-16,19,22,27-28,30,32-39H2,1-2H3/b7-5+,13-11+,18-17+,21-20+,25-24+,26-23+,31-29+/t40-,41-,44+,45?,46?,47-/m0/s1. The molecule has 0 aromatic carbocycles. The maximum atomic E-state index is 12.7. The van der Waals surface area contributed by atoms with Crippen LogP contribution in [0.2, 0.25) is 0 Å². The predicted molar refractivity (Wildman–Crippen MR) is 228 cm³/mol. The Morgan fingerprint density at radius 3 is 1.63 bits per heavy atom. The lowest BCUT2D eigenvalue weighted by Gasteiger charge is -2.39. The number of esters is 2. The van der Waals surface area contributed by atoms with E-state index in [-0.39, 0.29) is 26.1 Å². The largest absolute Gasteiger partial charge is 0.462 e. The molecule has 1 aliphatic rings. The summed E-state index contributed by atoms with van der Waals surface area (Å²) in [5, 5.41) is 40.0. The number of allylic oxidation sites excluding steroid dienone is 14. The van der Waals surface area contributed by atoms with Crippen molar-refractivity contribution in [3.63, 3.8) is 0 Å². The van der Waals surface area contributed by atoms with Gasteiger partial charge in [0.05, 0.1) is 13.2 Å². The zero-order valence-corrected chi connectivity index (χ0v) is 35.0. The molecule has 1 fully saturated rings. The third-order valence-electron chi connectivity index (χ3n) is 9.28. The summed E-state index contributed by atoms with van der Waals surface area (Å²) in [5.41, 5.74) is 0. The summed E-state index contributed by atoms with van der Waals surface area (Å²) in [6.45, 7) is 3.18. The van der Waals surface area contributed by atoms with Crippen molar-refractivity contribution in [1.82, 2.24) is 0 Å². The molecule has 0 bridgehead atoms. The van der Waals surface area contributed by atoms with Crippen LogP contribution in [0.5, 0.6) is 0 Å². The molecule has 2 unspecified atom stereocenters. The molecule has 0 saturated carbocycles. The van der Waals surface area contributed by atoms with Crippen LogP contribution in [-0.4, -0.2) is 89.0 Å². The Labute approximate surface area is 344 Å². The van der Waals surface area contributed by atoms with Crippen LogP contribution in [0.1, 0.15) is 142 Å². The van der Waals surface area contributed by atoms with E-state index < -0.39 is 55.4 Å². The highest BCUT2D eigenvalue weighted by Crippen LogP contribution is 2.22. The number of carbonyl (C=O) groups excluding carboxylic acids is 2. The summed E-state index contributed by atoms with van der Waals surface area (Å²) in [5.74, 6) is -0.932. The van der Waals surface area contributed by atoms with E-state index in [1.54, 1.807) is 0 Å². The molecular weight excluding hydrogens is 725 g/mol. The van der Waals surface area contributed by atoms with Crippen molar-refractivity contribution in [1.29, 1.82) is 0 Å². The number of hydrogen-bond donors (Lipinski definition) is 4. The summed E-state index contributed by atoms with van der Waals surface area (Å²) in [6.07, 6.45) is 40.3. The highest BCUT2D eigenvalue weighted by atomic mass is 16.7. The zero-order chi connectivity index (χ0) is 41.6. The van der Waals surface area contributed by atoms with Crippen molar-refractivity contribution in [2.24, 2.45) is 0 Å². The lowest BCUT2D eigenvalue weighted by atomic mass is 9.99. The molecule has 10 nitrogen and oxygen atoms in total. The van der Waals surface area contributed by atoms with E-state index in [2.05, 4.69) is 86.8 Å². The first kappa shape index (κ1) is 51.9. The average Bonchev–Trinajstić information content (AvgIpc) is 3.21. The molecule has 0 radical (unpaired) electrons. The molecule has 57 heavy (non-hydrogen) atoms. The van der Waals surface area contributed by atoms with Crippen LogP contribution in [0.25, 0.3) is 0 Å². The minimum atomic E-state index is -1.61. The van der Waals surface area contributed by atoms with E-state index in [1.807, 2.05) is 12.2 Å². The van der Waals surface area contributed by atoms with Crippen LogP contribution >= 0.6 is 0 Å². The molecule has 0 aliphatic carbocycles. The van der Waals surface area contributed by atoms with Gasteiger partial charge in [-0.25, -0.2) is 0 Å². The van der Waals surface area contributed by atoms with E-state index in [9.17, 15) is 30.0 Å². The van der Waals surface area contributed by atoms with E-state index in [1.165, 1.54) is 38.5 Å². The van der Waals surface area contributed by atoms with Gasteiger partial charge in [0.25, 0.3) is 0 Å². The number of rotatable bonds is 34. The van der Waals surface area contributed by atoms with Crippen molar-refractivity contribution in [3.05, 3.63) is 85.1 Å². The van der Waals surface area contributed by atoms with Gasteiger partial charge in [-0.1, -0.05) is 137 Å². The molecule has 0 aromatic rings. The van der Waals surface area contributed by atoms with Gasteiger partial charge >= 0.3 is 11.9 Å². The maximum Gasteiger partial charge on any atom is 0.306 e. The first-order chi connectivity index (χ1) is 27.8. The van der Waals surface area contributed by atoms with Crippen molar-refractivity contribution in [2.45, 2.75) is 179 Å². The molecule has 4 N–H and O–H groups in total. The Morgan fingerprint density at radius 1 is 0.561 bits per heavy atom. The summed E-state index contributed by atoms with van der Waals surface area (Å²) in [7, 11) is 0. The van der Waals surface area contributed by atoms with Gasteiger partial charge in [-0.05, 0) is 77.0 Å². The van der Waals surface area contributed by atoms with Gasteiger partial charge in [0.15, 0.2) is 12.4 Å². The number of unbranched alkanes of at least 4 members (excludes halogenated alkanes) is 9. The zero-order valence-electron chi connectivity index (χ0n) is 35.0. The molecule has 10 heteroatoms. The minimum Gasteiger partial charge on any atom is -0.462 e. The van der Waals surface area contributed by atoms with E-state index in [0.29, 0.717) is 12.8 Å². The van der Waals surface area contributed by atoms with E-state index in [0.717, 1.165) is 64.2 Å². The number of hydrogen-bond acceptors (Lipinski definition) is 10. The maximum absolute atomic E-state index is 12.7. The Kier molecular flexibility index (Phi) is 33.8. The first-order valence-corrected chi connectivity index (χ1v) is 21.7. The Balaban J connectivity index is 2.42. The summed E-state index contributed by atoms with van der Waals surface area (Å²) in [4.78, 5) is 25.2. The normalized spacial score (nSPS) is 21.1. The monoisotopic (exact) mass is 801 g/mol. The molecule has 0 aromatic heterocycles. The van der Waals surface area contributed by atoms with Gasteiger partial charge in [0.2, 0.25) is 0 Å². The summed E-state index contributed by atoms with van der Waals surface area (Å²) < 4.78 is 22.0. The van der Waals surface area contributed by atoms with Crippen molar-refractivity contribution in [2.75, 3.05) is 19.8 Å². The smallest absolute Gasteiger partial charge is 0.306 e. The molecule has 1 rings (SSSR count). The number of ether oxygens (including phenoxy) is 4. The van der Waals surface area contributed by atoms with Gasteiger partial charge in [0.1, 0.15) is 31.0 Å². The van der Waals surface area contributed by atoms with E-state index in [4.69, 9.17) is 18.9 Å². The van der Waals surface area contributed by atoms with Gasteiger partial charge < -0.3 is 39.4 Å². The van der Waals surface area contributed by atoms with Crippen molar-refractivity contribution >= 4 is 11.9 Å². The van der Waals surface area contributed by atoms with Crippen LogP contribution < -0.4 is 0 Å². The van der Waals surface area contributed by atoms with Crippen LogP contribution in [0.15, 0.2) is 85.1 Å².